The fourth-order valence-corrected chi connectivity index (χ4v) is 5.81. The molecule has 2 unspecified atom stereocenters. The molecular formula is C29H36N6O2. The van der Waals surface area contributed by atoms with Crippen LogP contribution in [0.5, 0.6) is 0 Å². The predicted octanol–water partition coefficient (Wildman–Crippen LogP) is 3.88. The van der Waals surface area contributed by atoms with E-state index in [1.807, 2.05) is 57.2 Å². The lowest BCUT2D eigenvalue weighted by molar-refractivity contribution is -0.132. The minimum atomic E-state index is 0.0390. The van der Waals surface area contributed by atoms with Crippen LogP contribution in [0.2, 0.25) is 0 Å². The van der Waals surface area contributed by atoms with Crippen molar-refractivity contribution < 1.29 is 9.59 Å². The quantitative estimate of drug-likeness (QED) is 0.514. The smallest absolute Gasteiger partial charge is 0.223 e. The molecule has 0 aliphatic carbocycles. The molecule has 4 heterocycles. The Morgan fingerprint density at radius 2 is 1.86 bits per heavy atom. The molecule has 8 nitrogen and oxygen atoms in total. The van der Waals surface area contributed by atoms with E-state index in [0.29, 0.717) is 32.1 Å². The van der Waals surface area contributed by atoms with Gasteiger partial charge in [0.05, 0.1) is 0 Å². The van der Waals surface area contributed by atoms with Crippen LogP contribution < -0.4 is 4.90 Å². The Morgan fingerprint density at radius 1 is 1.00 bits per heavy atom. The van der Waals surface area contributed by atoms with Gasteiger partial charge in [0.15, 0.2) is 0 Å². The molecule has 2 bridgehead atoms. The number of anilines is 1. The molecule has 2 aliphatic rings. The van der Waals surface area contributed by atoms with Gasteiger partial charge in [0.1, 0.15) is 0 Å². The molecule has 0 spiro atoms. The number of aryl methyl sites for hydroxylation is 1. The van der Waals surface area contributed by atoms with Crippen LogP contribution in [-0.2, 0) is 29.2 Å². The number of nitrogens with zero attached hydrogens (tertiary/aromatic N) is 6. The van der Waals surface area contributed by atoms with Crippen molar-refractivity contribution >= 4 is 17.5 Å². The molecule has 2 aromatic heterocycles. The van der Waals surface area contributed by atoms with Gasteiger partial charge in [-0.1, -0.05) is 24.3 Å². The van der Waals surface area contributed by atoms with Gasteiger partial charge in [-0.15, -0.1) is 0 Å². The van der Waals surface area contributed by atoms with Crippen LogP contribution in [0.4, 0.5) is 5.69 Å². The van der Waals surface area contributed by atoms with E-state index in [-0.39, 0.29) is 17.9 Å². The molecule has 1 saturated heterocycles. The molecule has 1 aromatic carbocycles. The Hall–Kier alpha value is -3.52. The number of pyridine rings is 1. The number of aromatic nitrogens is 3. The van der Waals surface area contributed by atoms with Crippen LogP contribution >= 0.6 is 0 Å². The molecule has 2 aliphatic heterocycles. The molecule has 5 rings (SSSR count). The fraction of sp³-hybridized carbons (Fsp3) is 0.448. The third-order valence-electron chi connectivity index (χ3n) is 7.69. The number of rotatable bonds is 6. The zero-order chi connectivity index (χ0) is 25.6. The first kappa shape index (κ1) is 25.1. The van der Waals surface area contributed by atoms with E-state index < -0.39 is 0 Å². The van der Waals surface area contributed by atoms with Gasteiger partial charge in [-0.25, -0.2) is 0 Å². The average molecular weight is 501 g/mol. The van der Waals surface area contributed by atoms with Gasteiger partial charge in [0, 0.05) is 88.6 Å². The largest absolute Gasteiger partial charge is 0.337 e. The topological polar surface area (TPSA) is 74.6 Å². The Morgan fingerprint density at radius 3 is 2.65 bits per heavy atom. The predicted molar refractivity (Wildman–Crippen MR) is 143 cm³/mol. The van der Waals surface area contributed by atoms with Crippen molar-refractivity contribution in [3.8, 4) is 0 Å². The van der Waals surface area contributed by atoms with Crippen LogP contribution in [0.3, 0.4) is 0 Å². The summed E-state index contributed by atoms with van der Waals surface area (Å²) in [5.41, 5.74) is 3.12. The molecule has 0 N–H and O–H groups in total. The van der Waals surface area contributed by atoms with E-state index in [1.165, 1.54) is 5.56 Å². The first-order chi connectivity index (χ1) is 18.1. The second kappa shape index (κ2) is 11.7. The van der Waals surface area contributed by atoms with Crippen molar-refractivity contribution in [2.45, 2.75) is 70.7 Å². The molecule has 37 heavy (non-hydrogen) atoms. The maximum absolute atomic E-state index is 13.6. The minimum Gasteiger partial charge on any atom is -0.337 e. The number of hydrogen-bond donors (Lipinski definition) is 0. The van der Waals surface area contributed by atoms with Gasteiger partial charge in [-0.2, -0.15) is 5.10 Å². The van der Waals surface area contributed by atoms with Crippen LogP contribution in [0.15, 0.2) is 67.3 Å². The molecular weight excluding hydrogens is 464 g/mol. The summed E-state index contributed by atoms with van der Waals surface area (Å²) in [6.07, 6.45) is 11.7. The SMILES string of the molecule is CC(=O)N1CCC2CCC(CN(C(=O)CCCn3cccn3)Cc3ccccc31)N2Cc1cccnc1. The number of fused-ring (bicyclic) bond motifs is 3. The van der Waals surface area contributed by atoms with Crippen LogP contribution in [0, 0.1) is 0 Å². The average Bonchev–Trinajstić information content (AvgIpc) is 3.54. The first-order valence-electron chi connectivity index (χ1n) is 13.3. The lowest BCUT2D eigenvalue weighted by Crippen LogP contribution is -2.45. The van der Waals surface area contributed by atoms with Gasteiger partial charge >= 0.3 is 0 Å². The molecule has 194 valence electrons. The Kier molecular flexibility index (Phi) is 7.94. The number of benzene rings is 1. The third-order valence-corrected chi connectivity index (χ3v) is 7.69. The molecule has 2 amide bonds. The van der Waals surface area contributed by atoms with E-state index in [2.05, 4.69) is 27.1 Å². The summed E-state index contributed by atoms with van der Waals surface area (Å²) in [5.74, 6) is 0.192. The van der Waals surface area contributed by atoms with Crippen molar-refractivity contribution in [3.05, 3.63) is 78.4 Å². The summed E-state index contributed by atoms with van der Waals surface area (Å²) >= 11 is 0. The molecule has 8 heteroatoms. The maximum Gasteiger partial charge on any atom is 0.223 e. The normalized spacial score (nSPS) is 20.4. The second-order valence-corrected chi connectivity index (χ2v) is 10.2. The summed E-state index contributed by atoms with van der Waals surface area (Å²) in [6, 6.07) is 14.7. The highest BCUT2D eigenvalue weighted by molar-refractivity contribution is 5.92. The van der Waals surface area contributed by atoms with Gasteiger partial charge < -0.3 is 9.80 Å². The highest BCUT2D eigenvalue weighted by Gasteiger charge is 2.36. The number of para-hydroxylation sites is 1. The monoisotopic (exact) mass is 500 g/mol. The lowest BCUT2D eigenvalue weighted by Gasteiger charge is -2.34. The number of amides is 2. The number of hydrogen-bond acceptors (Lipinski definition) is 5. The molecule has 3 aromatic rings. The van der Waals surface area contributed by atoms with Crippen LogP contribution in [-0.4, -0.2) is 61.6 Å². The minimum absolute atomic E-state index is 0.0390. The van der Waals surface area contributed by atoms with E-state index in [4.69, 9.17) is 0 Å². The van der Waals surface area contributed by atoms with Crippen LogP contribution in [0.1, 0.15) is 50.2 Å². The highest BCUT2D eigenvalue weighted by Crippen LogP contribution is 2.32. The van der Waals surface area contributed by atoms with Crippen molar-refractivity contribution in [1.29, 1.82) is 0 Å². The Bertz CT molecular complexity index is 1180. The van der Waals surface area contributed by atoms with Crippen molar-refractivity contribution in [3.63, 3.8) is 0 Å². The molecule has 2 atom stereocenters. The molecule has 1 fully saturated rings. The number of carbonyl (C=O) groups is 2. The first-order valence-corrected chi connectivity index (χ1v) is 13.3. The summed E-state index contributed by atoms with van der Waals surface area (Å²) < 4.78 is 1.87. The van der Waals surface area contributed by atoms with Crippen molar-refractivity contribution in [2.75, 3.05) is 18.0 Å². The van der Waals surface area contributed by atoms with Crippen molar-refractivity contribution in [2.24, 2.45) is 0 Å². The van der Waals surface area contributed by atoms with E-state index >= 15 is 0 Å². The Balaban J connectivity index is 1.42. The van der Waals surface area contributed by atoms with Gasteiger partial charge in [0.2, 0.25) is 11.8 Å². The van der Waals surface area contributed by atoms with Gasteiger partial charge in [-0.05, 0) is 55.0 Å². The fourth-order valence-electron chi connectivity index (χ4n) is 5.81. The van der Waals surface area contributed by atoms with Crippen LogP contribution in [0.25, 0.3) is 0 Å². The molecule has 0 radical (unpaired) electrons. The van der Waals surface area contributed by atoms with Gasteiger partial charge in [0.25, 0.3) is 0 Å². The van der Waals surface area contributed by atoms with Crippen molar-refractivity contribution in [1.82, 2.24) is 24.6 Å². The number of carbonyl (C=O) groups excluding carboxylic acids is 2. The standard InChI is InChI=1S/C29H36N6O2/c1-23(36)34-18-13-26-11-12-27(35(26)20-24-7-4-14-30-19-24)22-32(21-25-8-2-3-9-28(25)34)29(37)10-5-16-33-17-6-15-31-33/h2-4,6-9,14-15,17,19,26-27H,5,10-13,16,18,20-22H2,1H3. The summed E-state index contributed by atoms with van der Waals surface area (Å²) in [6.45, 7) is 5.02. The van der Waals surface area contributed by atoms with Gasteiger partial charge in [-0.3, -0.25) is 24.2 Å². The van der Waals surface area contributed by atoms with E-state index in [1.54, 1.807) is 19.3 Å². The highest BCUT2D eigenvalue weighted by atomic mass is 16.2. The zero-order valence-corrected chi connectivity index (χ0v) is 21.6. The second-order valence-electron chi connectivity index (χ2n) is 10.2. The maximum atomic E-state index is 13.6. The summed E-state index contributed by atoms with van der Waals surface area (Å²) in [5, 5.41) is 4.26. The molecule has 0 saturated carbocycles. The van der Waals surface area contributed by atoms with E-state index in [0.717, 1.165) is 50.0 Å². The summed E-state index contributed by atoms with van der Waals surface area (Å²) in [7, 11) is 0. The zero-order valence-electron chi connectivity index (χ0n) is 21.6. The van der Waals surface area contributed by atoms with E-state index in [9.17, 15) is 9.59 Å². The lowest BCUT2D eigenvalue weighted by atomic mass is 10.1. The third kappa shape index (κ3) is 6.07. The Labute approximate surface area is 218 Å². The summed E-state index contributed by atoms with van der Waals surface area (Å²) in [4.78, 5) is 37.2.